The predicted molar refractivity (Wildman–Crippen MR) is 63.0 cm³/mol. The lowest BCUT2D eigenvalue weighted by atomic mass is 10.2. The summed E-state index contributed by atoms with van der Waals surface area (Å²) in [6, 6.07) is 4.47. The molecule has 5 N–H and O–H groups in total. The second-order valence-electron chi connectivity index (χ2n) is 4.04. The molecule has 1 aromatic rings. The highest BCUT2D eigenvalue weighted by Gasteiger charge is 2.24. The fourth-order valence-corrected chi connectivity index (χ4v) is 2.20. The van der Waals surface area contributed by atoms with E-state index < -0.39 is 15.9 Å². The molecular weight excluding hydrogens is 242 g/mol. The molecule has 0 aromatic heterocycles. The Morgan fingerprint density at radius 2 is 2.00 bits per heavy atom. The van der Waals surface area contributed by atoms with Crippen LogP contribution in [-0.2, 0) is 10.0 Å². The minimum Gasteiger partial charge on any atom is -0.381 e. The highest BCUT2D eigenvalue weighted by atomic mass is 32.2. The summed E-state index contributed by atoms with van der Waals surface area (Å²) >= 11 is 0. The molecule has 17 heavy (non-hydrogen) atoms. The quantitative estimate of drug-likeness (QED) is 0.702. The molecule has 0 atom stereocenters. The van der Waals surface area contributed by atoms with Gasteiger partial charge in [0.15, 0.2) is 0 Å². The molecule has 1 aromatic carbocycles. The van der Waals surface area contributed by atoms with Crippen molar-refractivity contribution in [1.29, 1.82) is 0 Å². The SMILES string of the molecule is NC(=O)c1ccc(NC2CC2)c(S(N)(=O)=O)c1. The molecule has 0 unspecified atom stereocenters. The van der Waals surface area contributed by atoms with E-state index in [4.69, 9.17) is 10.9 Å². The molecule has 1 aliphatic carbocycles. The van der Waals surface area contributed by atoms with E-state index in [1.165, 1.54) is 18.2 Å². The number of hydrogen-bond acceptors (Lipinski definition) is 4. The van der Waals surface area contributed by atoms with Crippen molar-refractivity contribution in [2.24, 2.45) is 10.9 Å². The van der Waals surface area contributed by atoms with Gasteiger partial charge in [-0.05, 0) is 31.0 Å². The molecule has 0 bridgehead atoms. The van der Waals surface area contributed by atoms with Crippen LogP contribution in [0.2, 0.25) is 0 Å². The maximum absolute atomic E-state index is 11.4. The molecule has 7 heteroatoms. The van der Waals surface area contributed by atoms with Crippen LogP contribution in [0.1, 0.15) is 23.2 Å². The van der Waals surface area contributed by atoms with Crippen molar-refractivity contribution in [2.75, 3.05) is 5.32 Å². The van der Waals surface area contributed by atoms with Gasteiger partial charge in [-0.25, -0.2) is 13.6 Å². The van der Waals surface area contributed by atoms with Gasteiger partial charge in [-0.2, -0.15) is 0 Å². The van der Waals surface area contributed by atoms with Crippen molar-refractivity contribution in [3.8, 4) is 0 Å². The second kappa shape index (κ2) is 4.01. The van der Waals surface area contributed by atoms with Gasteiger partial charge < -0.3 is 11.1 Å². The lowest BCUT2D eigenvalue weighted by Crippen LogP contribution is -2.18. The highest BCUT2D eigenvalue weighted by molar-refractivity contribution is 7.89. The Morgan fingerprint density at radius 1 is 1.35 bits per heavy atom. The third-order valence-electron chi connectivity index (χ3n) is 2.51. The topological polar surface area (TPSA) is 115 Å². The van der Waals surface area contributed by atoms with Crippen LogP contribution in [0.4, 0.5) is 5.69 Å². The smallest absolute Gasteiger partial charge is 0.248 e. The molecule has 1 fully saturated rings. The zero-order valence-corrected chi connectivity index (χ0v) is 9.83. The summed E-state index contributed by atoms with van der Waals surface area (Å²) in [4.78, 5) is 10.9. The van der Waals surface area contributed by atoms with Gasteiger partial charge in [-0.1, -0.05) is 0 Å². The van der Waals surface area contributed by atoms with E-state index in [9.17, 15) is 13.2 Å². The summed E-state index contributed by atoms with van der Waals surface area (Å²) in [5.41, 5.74) is 5.63. The van der Waals surface area contributed by atoms with Crippen molar-refractivity contribution in [2.45, 2.75) is 23.8 Å². The summed E-state index contributed by atoms with van der Waals surface area (Å²) in [5, 5.41) is 8.15. The van der Waals surface area contributed by atoms with E-state index in [0.29, 0.717) is 5.69 Å². The number of amides is 1. The van der Waals surface area contributed by atoms with Crippen LogP contribution in [0.25, 0.3) is 0 Å². The molecule has 1 saturated carbocycles. The summed E-state index contributed by atoms with van der Waals surface area (Å²) in [6.07, 6.45) is 2.00. The summed E-state index contributed by atoms with van der Waals surface area (Å²) < 4.78 is 22.8. The second-order valence-corrected chi connectivity index (χ2v) is 5.57. The number of carbonyl (C=O) groups excluding carboxylic acids is 1. The van der Waals surface area contributed by atoms with E-state index in [-0.39, 0.29) is 16.5 Å². The van der Waals surface area contributed by atoms with Crippen molar-refractivity contribution in [3.05, 3.63) is 23.8 Å². The summed E-state index contributed by atoms with van der Waals surface area (Å²) in [6.45, 7) is 0. The fraction of sp³-hybridized carbons (Fsp3) is 0.300. The third kappa shape index (κ3) is 2.75. The number of nitrogens with one attached hydrogen (secondary N) is 1. The van der Waals surface area contributed by atoms with Crippen molar-refractivity contribution >= 4 is 21.6 Å². The molecule has 0 radical (unpaired) electrons. The first-order valence-corrected chi connectivity index (χ1v) is 6.66. The monoisotopic (exact) mass is 255 g/mol. The number of benzene rings is 1. The van der Waals surface area contributed by atoms with Gasteiger partial charge in [-0.15, -0.1) is 0 Å². The van der Waals surface area contributed by atoms with E-state index in [1.807, 2.05) is 0 Å². The first kappa shape index (κ1) is 11.9. The lowest BCUT2D eigenvalue weighted by molar-refractivity contribution is 0.1000. The number of nitrogens with two attached hydrogens (primary N) is 2. The highest BCUT2D eigenvalue weighted by Crippen LogP contribution is 2.29. The van der Waals surface area contributed by atoms with Gasteiger partial charge in [0.05, 0.1) is 5.69 Å². The molecule has 92 valence electrons. The van der Waals surface area contributed by atoms with Crippen LogP contribution >= 0.6 is 0 Å². The van der Waals surface area contributed by atoms with Crippen LogP contribution in [0, 0.1) is 0 Å². The van der Waals surface area contributed by atoms with Gasteiger partial charge in [-0.3, -0.25) is 4.79 Å². The van der Waals surface area contributed by atoms with E-state index >= 15 is 0 Å². The molecule has 1 aliphatic rings. The summed E-state index contributed by atoms with van der Waals surface area (Å²) in [5.74, 6) is -0.687. The number of hydrogen-bond donors (Lipinski definition) is 3. The van der Waals surface area contributed by atoms with Gasteiger partial charge in [0, 0.05) is 11.6 Å². The molecular formula is C10H13N3O3S. The van der Waals surface area contributed by atoms with Crippen LogP contribution in [0.3, 0.4) is 0 Å². The zero-order chi connectivity index (χ0) is 12.6. The first-order valence-electron chi connectivity index (χ1n) is 5.11. The van der Waals surface area contributed by atoms with Gasteiger partial charge in [0.1, 0.15) is 4.90 Å². The fourth-order valence-electron chi connectivity index (χ4n) is 1.48. The normalized spacial score (nSPS) is 15.6. The Labute approximate surface area is 99.0 Å². The van der Waals surface area contributed by atoms with E-state index in [1.54, 1.807) is 0 Å². The average molecular weight is 255 g/mol. The number of rotatable bonds is 4. The number of carbonyl (C=O) groups is 1. The Hall–Kier alpha value is -1.60. The average Bonchev–Trinajstić information content (AvgIpc) is 3.00. The lowest BCUT2D eigenvalue weighted by Gasteiger charge is -2.10. The maximum atomic E-state index is 11.4. The van der Waals surface area contributed by atoms with E-state index in [2.05, 4.69) is 5.32 Å². The minimum absolute atomic E-state index is 0.0966. The van der Waals surface area contributed by atoms with E-state index in [0.717, 1.165) is 12.8 Å². The molecule has 6 nitrogen and oxygen atoms in total. The minimum atomic E-state index is -3.88. The Bertz CT molecular complexity index is 564. The Kier molecular flexibility index (Phi) is 2.80. The van der Waals surface area contributed by atoms with Crippen LogP contribution in [-0.4, -0.2) is 20.4 Å². The largest absolute Gasteiger partial charge is 0.381 e. The van der Waals surface area contributed by atoms with Gasteiger partial charge in [0.25, 0.3) is 0 Å². The van der Waals surface area contributed by atoms with Crippen molar-refractivity contribution < 1.29 is 13.2 Å². The number of primary sulfonamides is 1. The molecule has 0 heterocycles. The number of primary amides is 1. The number of anilines is 1. The first-order chi connectivity index (χ1) is 7.88. The number of sulfonamides is 1. The van der Waals surface area contributed by atoms with Crippen LogP contribution < -0.4 is 16.2 Å². The van der Waals surface area contributed by atoms with Gasteiger partial charge >= 0.3 is 0 Å². The zero-order valence-electron chi connectivity index (χ0n) is 9.01. The predicted octanol–water partition coefficient (Wildman–Crippen LogP) is 0.00720. The van der Waals surface area contributed by atoms with Crippen LogP contribution in [0.15, 0.2) is 23.1 Å². The molecule has 1 amide bonds. The summed E-state index contributed by atoms with van der Waals surface area (Å²) in [7, 11) is -3.88. The standard InChI is InChI=1S/C10H13N3O3S/c11-10(14)6-1-4-8(13-7-2-3-7)9(5-6)17(12,15)16/h1,4-5,7,13H,2-3H2,(H2,11,14)(H2,12,15,16). The Morgan fingerprint density at radius 3 is 2.47 bits per heavy atom. The third-order valence-corrected chi connectivity index (χ3v) is 3.46. The maximum Gasteiger partial charge on any atom is 0.248 e. The molecule has 0 aliphatic heterocycles. The van der Waals surface area contributed by atoms with Crippen molar-refractivity contribution in [3.63, 3.8) is 0 Å². The van der Waals surface area contributed by atoms with Crippen LogP contribution in [0.5, 0.6) is 0 Å². The molecule has 0 saturated heterocycles. The molecule has 2 rings (SSSR count). The molecule has 0 spiro atoms. The Balaban J connectivity index is 2.47. The van der Waals surface area contributed by atoms with Crippen molar-refractivity contribution in [1.82, 2.24) is 0 Å². The van der Waals surface area contributed by atoms with Gasteiger partial charge in [0.2, 0.25) is 15.9 Å².